The third-order valence-corrected chi connectivity index (χ3v) is 24.6. The molecular formula is C76H59N3Si. The molecule has 18 rings (SSSR count). The molecule has 3 heterocycles. The Bertz CT molecular complexity index is 4340. The first-order valence-corrected chi connectivity index (χ1v) is 31.1. The molecule has 80 heavy (non-hydrogen) atoms. The van der Waals surface area contributed by atoms with Crippen LogP contribution in [0.15, 0.2) is 273 Å². The predicted octanol–water partition coefficient (Wildman–Crippen LogP) is 16.5. The van der Waals surface area contributed by atoms with Gasteiger partial charge in [-0.15, -0.1) is 0 Å². The number of para-hydroxylation sites is 5. The van der Waals surface area contributed by atoms with Crippen molar-refractivity contribution in [3.63, 3.8) is 0 Å². The van der Waals surface area contributed by atoms with Crippen LogP contribution in [0.4, 0.5) is 17.1 Å². The summed E-state index contributed by atoms with van der Waals surface area (Å²) in [6.45, 7) is 0. The van der Waals surface area contributed by atoms with Crippen LogP contribution >= 0.6 is 0 Å². The Morgan fingerprint density at radius 2 is 0.787 bits per heavy atom. The maximum absolute atomic E-state index is 2.90. The monoisotopic (exact) mass is 1040 g/mol. The zero-order valence-corrected chi connectivity index (χ0v) is 45.7. The average Bonchev–Trinajstić information content (AvgIpc) is 4.01. The van der Waals surface area contributed by atoms with Crippen LogP contribution in [-0.4, -0.2) is 17.2 Å². The van der Waals surface area contributed by atoms with Gasteiger partial charge in [-0.05, 0) is 160 Å². The zero-order valence-electron chi connectivity index (χ0n) is 44.7. The van der Waals surface area contributed by atoms with Gasteiger partial charge < -0.3 is 14.0 Å². The Morgan fingerprint density at radius 1 is 0.312 bits per heavy atom. The smallest absolute Gasteiger partial charge is 0.179 e. The van der Waals surface area contributed by atoms with Crippen molar-refractivity contribution >= 4 is 89.5 Å². The van der Waals surface area contributed by atoms with Crippen molar-refractivity contribution in [3.8, 4) is 22.5 Å². The molecule has 4 aliphatic carbocycles. The summed E-state index contributed by atoms with van der Waals surface area (Å²) in [6, 6.07) is 104. The molecule has 5 aliphatic rings. The standard InChI is InChI=1S/C76H59N3Si/c1-4-23-58(24-5-1)80(59-25-6-2-7-26-59,60-27-8-3-9-28-60)61-40-41-65-64-31-12-17-36-71(64)79(75(65)50-61)72-42-39-57(49-66(72)53-21-20-22-56(48-53)77-69-34-15-10-29-62(69)63-30-11-16-35-70(63)77)78-73-37-18-13-32-67(73)76(68-33-14-19-38-74(68)78)54-44-51-43-52(46-54)47-55(76)45-51/h1-42,48-52,54-55H,43-47H2. The Morgan fingerprint density at radius 3 is 1.34 bits per heavy atom. The zero-order chi connectivity index (χ0) is 52.5. The number of nitrogens with zero attached hydrogens (tertiary/aromatic N) is 3. The lowest BCUT2D eigenvalue weighted by atomic mass is 9.41. The summed E-state index contributed by atoms with van der Waals surface area (Å²) >= 11 is 0. The first kappa shape index (κ1) is 46.0. The first-order valence-electron chi connectivity index (χ1n) is 29.1. The fourth-order valence-corrected chi connectivity index (χ4v) is 21.8. The van der Waals surface area contributed by atoms with Gasteiger partial charge in [-0.2, -0.15) is 0 Å². The van der Waals surface area contributed by atoms with E-state index in [0.717, 1.165) is 23.2 Å². The van der Waals surface area contributed by atoms with Gasteiger partial charge in [0, 0.05) is 43.9 Å². The van der Waals surface area contributed by atoms with Gasteiger partial charge >= 0.3 is 0 Å². The molecule has 11 aromatic carbocycles. The highest BCUT2D eigenvalue weighted by Gasteiger charge is 2.61. The van der Waals surface area contributed by atoms with E-state index in [0.29, 0.717) is 11.8 Å². The number of hydrogen-bond acceptors (Lipinski definition) is 1. The minimum Gasteiger partial charge on any atom is -0.310 e. The molecule has 0 radical (unpaired) electrons. The van der Waals surface area contributed by atoms with E-state index >= 15 is 0 Å². The Labute approximate surface area is 468 Å². The van der Waals surface area contributed by atoms with Crippen LogP contribution in [0.3, 0.4) is 0 Å². The van der Waals surface area contributed by atoms with E-state index in [2.05, 4.69) is 287 Å². The maximum Gasteiger partial charge on any atom is 0.179 e. The fourth-order valence-electron chi connectivity index (χ4n) is 17.0. The quantitative estimate of drug-likeness (QED) is 0.109. The van der Waals surface area contributed by atoms with Crippen molar-refractivity contribution in [2.45, 2.75) is 37.5 Å². The second-order valence-electron chi connectivity index (χ2n) is 23.6. The number of fused-ring (bicyclic) bond motifs is 8. The summed E-state index contributed by atoms with van der Waals surface area (Å²) in [5.41, 5.74) is 16.4. The van der Waals surface area contributed by atoms with Crippen molar-refractivity contribution in [2.75, 3.05) is 4.90 Å². The van der Waals surface area contributed by atoms with Crippen molar-refractivity contribution < 1.29 is 0 Å². The van der Waals surface area contributed by atoms with Gasteiger partial charge in [-0.1, -0.05) is 206 Å². The van der Waals surface area contributed by atoms with E-state index in [1.165, 1.54) is 136 Å². The van der Waals surface area contributed by atoms with Gasteiger partial charge in [-0.25, -0.2) is 0 Å². The number of anilines is 3. The van der Waals surface area contributed by atoms with E-state index < -0.39 is 8.07 Å². The summed E-state index contributed by atoms with van der Waals surface area (Å²) in [5, 5.41) is 10.5. The molecule has 0 N–H and O–H groups in total. The first-order chi connectivity index (χ1) is 39.7. The van der Waals surface area contributed by atoms with Crippen molar-refractivity contribution in [2.24, 2.45) is 23.7 Å². The van der Waals surface area contributed by atoms with Gasteiger partial charge in [0.25, 0.3) is 0 Å². The van der Waals surface area contributed by atoms with Gasteiger partial charge in [-0.3, -0.25) is 0 Å². The summed E-state index contributed by atoms with van der Waals surface area (Å²) in [6.07, 6.45) is 6.84. The third-order valence-electron chi connectivity index (χ3n) is 19.8. The van der Waals surface area contributed by atoms with Crippen LogP contribution in [0.5, 0.6) is 0 Å². The molecule has 4 saturated carbocycles. The highest BCUT2D eigenvalue weighted by Crippen LogP contribution is 2.69. The molecule has 1 aliphatic heterocycles. The van der Waals surface area contributed by atoms with Gasteiger partial charge in [0.15, 0.2) is 8.07 Å². The molecule has 4 heteroatoms. The van der Waals surface area contributed by atoms with Crippen LogP contribution in [0.1, 0.15) is 43.2 Å². The third kappa shape index (κ3) is 6.48. The summed E-state index contributed by atoms with van der Waals surface area (Å²) in [7, 11) is -2.90. The Balaban J connectivity index is 0.939. The summed E-state index contributed by atoms with van der Waals surface area (Å²) in [5.74, 6) is 3.08. The van der Waals surface area contributed by atoms with Crippen molar-refractivity contribution in [1.29, 1.82) is 0 Å². The number of aromatic nitrogens is 2. The van der Waals surface area contributed by atoms with E-state index in [1.54, 1.807) is 0 Å². The van der Waals surface area contributed by atoms with E-state index in [1.807, 2.05) is 0 Å². The number of benzene rings is 11. The van der Waals surface area contributed by atoms with E-state index in [-0.39, 0.29) is 5.41 Å². The Kier molecular flexibility index (Phi) is 10.2. The van der Waals surface area contributed by atoms with Crippen molar-refractivity contribution in [3.05, 3.63) is 284 Å². The van der Waals surface area contributed by atoms with Crippen LogP contribution < -0.4 is 25.6 Å². The second-order valence-corrected chi connectivity index (χ2v) is 27.4. The fraction of sp³-hybridized carbons (Fsp3) is 0.132. The number of hydrogen-bond donors (Lipinski definition) is 0. The molecule has 4 bridgehead atoms. The molecule has 0 unspecified atom stereocenters. The maximum atomic E-state index is 2.63. The molecule has 382 valence electrons. The van der Waals surface area contributed by atoms with Crippen LogP contribution in [0, 0.1) is 23.7 Å². The van der Waals surface area contributed by atoms with Crippen LogP contribution in [0.25, 0.3) is 66.1 Å². The summed E-state index contributed by atoms with van der Waals surface area (Å²) in [4.78, 5) is 2.63. The SMILES string of the molecule is c1ccc([Si](c2ccccc2)(c2ccccc2)c2ccc3c4ccccc4n(-c4ccc(N5c6ccccc6C6(c7ccccc75)C5CC7CC(C5)CC6C7)cc4-c4cccc(-n5c6ccccc6c6ccccc65)c4)c3c2)cc1. The molecule has 13 aromatic rings. The minimum atomic E-state index is -2.90. The summed E-state index contributed by atoms with van der Waals surface area (Å²) < 4.78 is 5.06. The Hall–Kier alpha value is -8.96. The highest BCUT2D eigenvalue weighted by molar-refractivity contribution is 7.20. The lowest BCUT2D eigenvalue weighted by Crippen LogP contribution is -2.74. The molecule has 2 aromatic heterocycles. The van der Waals surface area contributed by atoms with Crippen LogP contribution in [0.2, 0.25) is 0 Å². The number of rotatable bonds is 8. The average molecular weight is 1040 g/mol. The molecule has 0 atom stereocenters. The highest BCUT2D eigenvalue weighted by atomic mass is 28.3. The van der Waals surface area contributed by atoms with Crippen LogP contribution in [-0.2, 0) is 5.41 Å². The second kappa shape index (κ2) is 17.8. The lowest BCUT2D eigenvalue weighted by molar-refractivity contribution is -0.0419. The molecular weight excluding hydrogens is 983 g/mol. The molecule has 3 nitrogen and oxygen atoms in total. The lowest BCUT2D eigenvalue weighted by Gasteiger charge is -2.64. The normalized spacial score (nSPS) is 18.8. The molecule has 0 amide bonds. The van der Waals surface area contributed by atoms with Gasteiger partial charge in [0.05, 0.1) is 39.1 Å². The topological polar surface area (TPSA) is 13.1 Å². The van der Waals surface area contributed by atoms with Gasteiger partial charge in [0.1, 0.15) is 0 Å². The van der Waals surface area contributed by atoms with E-state index in [4.69, 9.17) is 0 Å². The molecule has 1 spiro atoms. The molecule has 0 saturated heterocycles. The predicted molar refractivity (Wildman–Crippen MR) is 337 cm³/mol. The molecule has 4 fully saturated rings. The van der Waals surface area contributed by atoms with Crippen molar-refractivity contribution in [1.82, 2.24) is 9.13 Å². The van der Waals surface area contributed by atoms with Gasteiger partial charge in [0.2, 0.25) is 0 Å². The van der Waals surface area contributed by atoms with E-state index in [9.17, 15) is 0 Å². The largest absolute Gasteiger partial charge is 0.310 e. The minimum absolute atomic E-state index is 0.0228.